The summed E-state index contributed by atoms with van der Waals surface area (Å²) < 4.78 is 7.89. The van der Waals surface area contributed by atoms with Gasteiger partial charge in [-0.3, -0.25) is 0 Å². The topological polar surface area (TPSA) is 9.23 Å². The average molecular weight is 271 g/mol. The molecule has 74 valence electrons. The number of halogens is 1. The highest BCUT2D eigenvalue weighted by molar-refractivity contribution is 9.10. The van der Waals surface area contributed by atoms with Crippen LogP contribution in [0.25, 0.3) is 10.1 Å². The third kappa shape index (κ3) is 1.66. The molecule has 0 aliphatic heterocycles. The number of hydrogen-bond donors (Lipinski definition) is 0. The Bertz CT molecular complexity index is 462. The van der Waals surface area contributed by atoms with Crippen LogP contribution >= 0.6 is 27.3 Å². The number of aryl methyl sites for hydroxylation is 1. The molecule has 0 spiro atoms. The van der Waals surface area contributed by atoms with Crippen LogP contribution in [0.15, 0.2) is 22.7 Å². The summed E-state index contributed by atoms with van der Waals surface area (Å²) >= 11 is 5.39. The first-order valence-electron chi connectivity index (χ1n) is 4.54. The Kier molecular flexibility index (Phi) is 2.79. The van der Waals surface area contributed by atoms with Gasteiger partial charge in [-0.25, -0.2) is 0 Å². The lowest BCUT2D eigenvalue weighted by molar-refractivity contribution is 0.339. The Morgan fingerprint density at radius 1 is 1.43 bits per heavy atom. The second-order valence-electron chi connectivity index (χ2n) is 3.08. The second-order valence-corrected chi connectivity index (χ2v) is 5.16. The minimum Gasteiger partial charge on any atom is -0.493 e. The minimum atomic E-state index is 0.702. The van der Waals surface area contributed by atoms with E-state index in [1.54, 1.807) is 0 Å². The lowest BCUT2D eigenvalue weighted by Crippen LogP contribution is -1.91. The van der Waals surface area contributed by atoms with Crippen molar-refractivity contribution < 1.29 is 4.74 Å². The van der Waals surface area contributed by atoms with Crippen molar-refractivity contribution in [2.75, 3.05) is 6.61 Å². The predicted molar refractivity (Wildman–Crippen MR) is 65.4 cm³/mol. The molecule has 1 aromatic carbocycles. The average Bonchev–Trinajstić information content (AvgIpc) is 2.52. The third-order valence-corrected chi connectivity index (χ3v) is 3.86. The zero-order valence-electron chi connectivity index (χ0n) is 8.13. The molecule has 2 aromatic rings. The highest BCUT2D eigenvalue weighted by atomic mass is 79.9. The molecule has 1 nitrogen and oxygen atoms in total. The highest BCUT2D eigenvalue weighted by Gasteiger charge is 2.07. The van der Waals surface area contributed by atoms with Gasteiger partial charge in [-0.1, -0.05) is 0 Å². The molecule has 0 radical (unpaired) electrons. The SMILES string of the molecule is CCOc1ccc2sc(C)cc2c1Br. The van der Waals surface area contributed by atoms with Gasteiger partial charge in [-0.2, -0.15) is 0 Å². The summed E-state index contributed by atoms with van der Waals surface area (Å²) in [7, 11) is 0. The summed E-state index contributed by atoms with van der Waals surface area (Å²) in [5.74, 6) is 0.929. The van der Waals surface area contributed by atoms with Crippen LogP contribution in [0.5, 0.6) is 5.75 Å². The van der Waals surface area contributed by atoms with Crippen LogP contribution in [0.1, 0.15) is 11.8 Å². The summed E-state index contributed by atoms with van der Waals surface area (Å²) in [6, 6.07) is 6.32. The van der Waals surface area contributed by atoms with E-state index in [1.165, 1.54) is 15.0 Å². The molecule has 0 atom stereocenters. The molecule has 1 heterocycles. The lowest BCUT2D eigenvalue weighted by atomic mass is 10.2. The van der Waals surface area contributed by atoms with E-state index in [4.69, 9.17) is 4.74 Å². The minimum absolute atomic E-state index is 0.702. The van der Waals surface area contributed by atoms with E-state index in [-0.39, 0.29) is 0 Å². The predicted octanol–water partition coefficient (Wildman–Crippen LogP) is 4.37. The zero-order chi connectivity index (χ0) is 10.1. The van der Waals surface area contributed by atoms with Crippen LogP contribution in [0.4, 0.5) is 0 Å². The quantitative estimate of drug-likeness (QED) is 0.788. The van der Waals surface area contributed by atoms with Gasteiger partial charge in [0.2, 0.25) is 0 Å². The molecule has 0 saturated heterocycles. The molecule has 2 rings (SSSR count). The van der Waals surface area contributed by atoms with Crippen molar-refractivity contribution in [1.82, 2.24) is 0 Å². The standard InChI is InChI=1S/C11H11BrOS/c1-3-13-9-4-5-10-8(11(9)12)6-7(2)14-10/h4-6H,3H2,1-2H3. The van der Waals surface area contributed by atoms with E-state index in [9.17, 15) is 0 Å². The molecule has 0 amide bonds. The Labute approximate surface area is 95.8 Å². The highest BCUT2D eigenvalue weighted by Crippen LogP contribution is 2.37. The van der Waals surface area contributed by atoms with Gasteiger partial charge >= 0.3 is 0 Å². The van der Waals surface area contributed by atoms with Gasteiger partial charge in [0.1, 0.15) is 5.75 Å². The number of ether oxygens (including phenoxy) is 1. The molecule has 0 aliphatic carbocycles. The maximum atomic E-state index is 5.51. The molecule has 0 fully saturated rings. The zero-order valence-corrected chi connectivity index (χ0v) is 10.5. The molecule has 0 unspecified atom stereocenters. The first kappa shape index (κ1) is 9.99. The number of benzene rings is 1. The molecular weight excluding hydrogens is 260 g/mol. The van der Waals surface area contributed by atoms with Crippen molar-refractivity contribution in [3.8, 4) is 5.75 Å². The number of hydrogen-bond acceptors (Lipinski definition) is 2. The summed E-state index contributed by atoms with van der Waals surface area (Å²) in [5, 5.41) is 1.25. The van der Waals surface area contributed by atoms with Gasteiger partial charge < -0.3 is 4.74 Å². The van der Waals surface area contributed by atoms with Crippen LogP contribution in [0, 0.1) is 6.92 Å². The Hall–Kier alpha value is -0.540. The van der Waals surface area contributed by atoms with Crippen LogP contribution in [0.3, 0.4) is 0 Å². The molecule has 0 aliphatic rings. The molecule has 14 heavy (non-hydrogen) atoms. The van der Waals surface area contributed by atoms with E-state index in [1.807, 2.05) is 24.3 Å². The fraction of sp³-hybridized carbons (Fsp3) is 0.273. The van der Waals surface area contributed by atoms with Gasteiger partial charge in [0.15, 0.2) is 0 Å². The first-order chi connectivity index (χ1) is 6.72. The van der Waals surface area contributed by atoms with Crippen molar-refractivity contribution in [2.45, 2.75) is 13.8 Å². The molecule has 0 N–H and O–H groups in total. The number of thiophene rings is 1. The fourth-order valence-corrected chi connectivity index (χ4v) is 3.09. The van der Waals surface area contributed by atoms with E-state index in [0.717, 1.165) is 10.2 Å². The van der Waals surface area contributed by atoms with Crippen LogP contribution in [0.2, 0.25) is 0 Å². The van der Waals surface area contributed by atoms with Crippen molar-refractivity contribution in [3.05, 3.63) is 27.5 Å². The summed E-state index contributed by atoms with van der Waals surface area (Å²) in [6.45, 7) is 4.82. The summed E-state index contributed by atoms with van der Waals surface area (Å²) in [4.78, 5) is 1.33. The van der Waals surface area contributed by atoms with E-state index < -0.39 is 0 Å². The van der Waals surface area contributed by atoms with Crippen molar-refractivity contribution >= 4 is 37.4 Å². The van der Waals surface area contributed by atoms with Gasteiger partial charge in [0.05, 0.1) is 11.1 Å². The Balaban J connectivity index is 2.61. The van der Waals surface area contributed by atoms with Crippen LogP contribution in [-0.4, -0.2) is 6.61 Å². The van der Waals surface area contributed by atoms with Gasteiger partial charge in [-0.05, 0) is 48.0 Å². The Morgan fingerprint density at radius 3 is 2.93 bits per heavy atom. The van der Waals surface area contributed by atoms with Crippen molar-refractivity contribution in [1.29, 1.82) is 0 Å². The van der Waals surface area contributed by atoms with E-state index in [0.29, 0.717) is 6.61 Å². The molecule has 0 bridgehead atoms. The van der Waals surface area contributed by atoms with Crippen molar-refractivity contribution in [2.24, 2.45) is 0 Å². The van der Waals surface area contributed by atoms with E-state index in [2.05, 4.69) is 35.0 Å². The maximum absolute atomic E-state index is 5.51. The molecule has 1 aromatic heterocycles. The largest absolute Gasteiger partial charge is 0.493 e. The third-order valence-electron chi connectivity index (χ3n) is 2.02. The molecular formula is C11H11BrOS. The normalized spacial score (nSPS) is 10.8. The van der Waals surface area contributed by atoms with E-state index >= 15 is 0 Å². The van der Waals surface area contributed by atoms with Crippen LogP contribution in [-0.2, 0) is 0 Å². The fourth-order valence-electron chi connectivity index (χ4n) is 1.45. The van der Waals surface area contributed by atoms with Crippen molar-refractivity contribution in [3.63, 3.8) is 0 Å². The number of fused-ring (bicyclic) bond motifs is 1. The second kappa shape index (κ2) is 3.91. The monoisotopic (exact) mass is 270 g/mol. The summed E-state index contributed by atoms with van der Waals surface area (Å²) in [6.07, 6.45) is 0. The van der Waals surface area contributed by atoms with Crippen LogP contribution < -0.4 is 4.74 Å². The lowest BCUT2D eigenvalue weighted by Gasteiger charge is -2.05. The van der Waals surface area contributed by atoms with Gasteiger partial charge in [-0.15, -0.1) is 11.3 Å². The maximum Gasteiger partial charge on any atom is 0.134 e. The number of rotatable bonds is 2. The Morgan fingerprint density at radius 2 is 2.21 bits per heavy atom. The smallest absolute Gasteiger partial charge is 0.134 e. The van der Waals surface area contributed by atoms with Gasteiger partial charge in [0.25, 0.3) is 0 Å². The van der Waals surface area contributed by atoms with Gasteiger partial charge in [0, 0.05) is 15.0 Å². The molecule has 3 heteroatoms. The molecule has 0 saturated carbocycles. The summed E-state index contributed by atoms with van der Waals surface area (Å²) in [5.41, 5.74) is 0. The first-order valence-corrected chi connectivity index (χ1v) is 6.14.